The largest absolute Gasteiger partial charge is 0.394 e. The van der Waals surface area contributed by atoms with E-state index >= 15 is 0 Å². The molecule has 2 atom stereocenters. The quantitative estimate of drug-likeness (QED) is 0.628. The van der Waals surface area contributed by atoms with Crippen molar-refractivity contribution in [2.45, 2.75) is 26.9 Å². The topological polar surface area (TPSA) is 40.5 Å². The van der Waals surface area contributed by atoms with Crippen LogP contribution in [0.5, 0.6) is 0 Å². The van der Waals surface area contributed by atoms with Crippen LogP contribution in [0.1, 0.15) is 20.8 Å². The van der Waals surface area contributed by atoms with E-state index < -0.39 is 6.10 Å². The van der Waals surface area contributed by atoms with Crippen molar-refractivity contribution in [3.8, 4) is 0 Å². The minimum absolute atomic E-state index is 0.00574. The Morgan fingerprint density at radius 2 is 2.08 bits per heavy atom. The first-order chi connectivity index (χ1) is 5.61. The van der Waals surface area contributed by atoms with Crippen LogP contribution in [-0.4, -0.2) is 22.9 Å². The fourth-order valence-corrected chi connectivity index (χ4v) is 1.01. The minimum Gasteiger partial charge on any atom is -0.394 e. The molecule has 0 amide bonds. The zero-order chi connectivity index (χ0) is 9.56. The Kier molecular flexibility index (Phi) is 5.68. The third-order valence-electron chi connectivity index (χ3n) is 1.75. The molecule has 0 bridgehead atoms. The van der Waals surface area contributed by atoms with Gasteiger partial charge in [0, 0.05) is 5.92 Å². The van der Waals surface area contributed by atoms with Crippen LogP contribution in [0.2, 0.25) is 0 Å². The first kappa shape index (κ1) is 11.4. The number of rotatable bonds is 4. The number of hydrogen-bond acceptors (Lipinski definition) is 2. The van der Waals surface area contributed by atoms with E-state index in [-0.39, 0.29) is 12.5 Å². The van der Waals surface area contributed by atoms with Crippen LogP contribution in [0, 0.1) is 5.92 Å². The van der Waals surface area contributed by atoms with Gasteiger partial charge in [0.15, 0.2) is 0 Å². The van der Waals surface area contributed by atoms with Crippen molar-refractivity contribution in [2.24, 2.45) is 5.92 Å². The van der Waals surface area contributed by atoms with E-state index in [1.807, 2.05) is 39.0 Å². The van der Waals surface area contributed by atoms with Crippen LogP contribution < -0.4 is 0 Å². The Bertz CT molecular complexity index is 171. The Morgan fingerprint density at radius 3 is 2.50 bits per heavy atom. The molecule has 0 aromatic rings. The fourth-order valence-electron chi connectivity index (χ4n) is 1.01. The van der Waals surface area contributed by atoms with E-state index in [2.05, 4.69) is 0 Å². The Hall–Kier alpha value is -0.600. The van der Waals surface area contributed by atoms with Gasteiger partial charge in [-0.05, 0) is 13.8 Å². The van der Waals surface area contributed by atoms with Gasteiger partial charge in [-0.2, -0.15) is 0 Å². The summed E-state index contributed by atoms with van der Waals surface area (Å²) in [4.78, 5) is 0. The Morgan fingerprint density at radius 1 is 1.50 bits per heavy atom. The summed E-state index contributed by atoms with van der Waals surface area (Å²) in [5, 5.41) is 17.9. The highest BCUT2D eigenvalue weighted by molar-refractivity contribution is 5.16. The molecule has 0 fully saturated rings. The maximum atomic E-state index is 9.22. The summed E-state index contributed by atoms with van der Waals surface area (Å²) in [5.74, 6) is 0.00574. The second-order valence-electron chi connectivity index (χ2n) is 3.02. The summed E-state index contributed by atoms with van der Waals surface area (Å²) < 4.78 is 0. The van der Waals surface area contributed by atoms with Crippen molar-refractivity contribution in [2.75, 3.05) is 6.61 Å². The van der Waals surface area contributed by atoms with Crippen LogP contribution in [0.3, 0.4) is 0 Å². The number of aliphatic hydroxyl groups is 2. The molecule has 2 heteroatoms. The highest BCUT2D eigenvalue weighted by atomic mass is 16.3. The molecule has 0 rings (SSSR count). The molecule has 0 spiro atoms. The summed E-state index contributed by atoms with van der Waals surface area (Å²) in [7, 11) is 0. The molecule has 0 heterocycles. The van der Waals surface area contributed by atoms with E-state index in [9.17, 15) is 5.11 Å². The molecule has 0 aromatic carbocycles. The van der Waals surface area contributed by atoms with Crippen LogP contribution in [-0.2, 0) is 0 Å². The van der Waals surface area contributed by atoms with Gasteiger partial charge in [-0.3, -0.25) is 0 Å². The number of hydrogen-bond donors (Lipinski definition) is 2. The summed E-state index contributed by atoms with van der Waals surface area (Å²) in [6, 6.07) is 0. The van der Waals surface area contributed by atoms with E-state index in [1.165, 1.54) is 0 Å². The summed E-state index contributed by atoms with van der Waals surface area (Å²) >= 11 is 0. The molecule has 0 aliphatic rings. The molecule has 0 radical (unpaired) electrons. The first-order valence-electron chi connectivity index (χ1n) is 4.21. The van der Waals surface area contributed by atoms with Gasteiger partial charge in [0.25, 0.3) is 0 Å². The highest BCUT2D eigenvalue weighted by Crippen LogP contribution is 2.08. The van der Waals surface area contributed by atoms with Crippen molar-refractivity contribution >= 4 is 0 Å². The van der Waals surface area contributed by atoms with Crippen molar-refractivity contribution in [1.82, 2.24) is 0 Å². The summed E-state index contributed by atoms with van der Waals surface area (Å²) in [6.07, 6.45) is 5.22. The first-order valence-corrected chi connectivity index (χ1v) is 4.21. The van der Waals surface area contributed by atoms with Gasteiger partial charge in [-0.1, -0.05) is 30.7 Å². The van der Waals surface area contributed by atoms with Crippen molar-refractivity contribution in [3.05, 3.63) is 23.8 Å². The zero-order valence-corrected chi connectivity index (χ0v) is 7.99. The van der Waals surface area contributed by atoms with E-state index in [0.29, 0.717) is 0 Å². The second-order valence-corrected chi connectivity index (χ2v) is 3.02. The Labute approximate surface area is 74.2 Å². The smallest absolute Gasteiger partial charge is 0.0830 e. The monoisotopic (exact) mass is 170 g/mol. The predicted molar refractivity (Wildman–Crippen MR) is 50.8 cm³/mol. The lowest BCUT2D eigenvalue weighted by Gasteiger charge is -2.12. The molecule has 0 saturated heterocycles. The normalized spacial score (nSPS) is 18.2. The number of aliphatic hydroxyl groups excluding tert-OH is 2. The molecule has 12 heavy (non-hydrogen) atoms. The van der Waals surface area contributed by atoms with E-state index in [4.69, 9.17) is 5.11 Å². The molecule has 0 aromatic heterocycles. The molecular formula is C10H18O2. The van der Waals surface area contributed by atoms with Gasteiger partial charge >= 0.3 is 0 Å². The van der Waals surface area contributed by atoms with Gasteiger partial charge < -0.3 is 10.2 Å². The molecular weight excluding hydrogens is 152 g/mol. The third kappa shape index (κ3) is 4.31. The van der Waals surface area contributed by atoms with E-state index in [1.54, 1.807) is 0 Å². The highest BCUT2D eigenvalue weighted by Gasteiger charge is 2.09. The molecule has 0 aliphatic carbocycles. The molecule has 0 saturated carbocycles. The maximum absolute atomic E-state index is 9.22. The molecule has 70 valence electrons. The van der Waals surface area contributed by atoms with E-state index in [0.717, 1.165) is 5.57 Å². The van der Waals surface area contributed by atoms with Gasteiger partial charge in [0.05, 0.1) is 12.7 Å². The number of allylic oxidation sites excluding steroid dienone is 3. The predicted octanol–water partition coefficient (Wildman–Crippen LogP) is 1.50. The summed E-state index contributed by atoms with van der Waals surface area (Å²) in [5.41, 5.74) is 1.11. The third-order valence-corrected chi connectivity index (χ3v) is 1.75. The zero-order valence-electron chi connectivity index (χ0n) is 7.99. The molecule has 2 N–H and O–H groups in total. The van der Waals surface area contributed by atoms with Gasteiger partial charge in [0.1, 0.15) is 0 Å². The van der Waals surface area contributed by atoms with Crippen molar-refractivity contribution in [3.63, 3.8) is 0 Å². The van der Waals surface area contributed by atoms with Crippen LogP contribution in [0.25, 0.3) is 0 Å². The average Bonchev–Trinajstić information content (AvgIpc) is 2.03. The standard InChI is InChI=1S/C10H18O2/c1-4-5-8(2)6-9(3)10(12)7-11/h4-6,9-12H,7H2,1-3H3. The lowest BCUT2D eigenvalue weighted by Crippen LogP contribution is -2.20. The van der Waals surface area contributed by atoms with Gasteiger partial charge in [-0.15, -0.1) is 0 Å². The van der Waals surface area contributed by atoms with Crippen molar-refractivity contribution in [1.29, 1.82) is 0 Å². The molecule has 2 nitrogen and oxygen atoms in total. The maximum Gasteiger partial charge on any atom is 0.0830 e. The van der Waals surface area contributed by atoms with Gasteiger partial charge in [-0.25, -0.2) is 0 Å². The van der Waals surface area contributed by atoms with Crippen LogP contribution in [0.15, 0.2) is 23.8 Å². The van der Waals surface area contributed by atoms with Gasteiger partial charge in [0.2, 0.25) is 0 Å². The molecule has 0 aliphatic heterocycles. The van der Waals surface area contributed by atoms with Crippen molar-refractivity contribution < 1.29 is 10.2 Å². The SMILES string of the molecule is CC=CC(C)=CC(C)C(O)CO. The van der Waals surface area contributed by atoms with Crippen LogP contribution >= 0.6 is 0 Å². The fraction of sp³-hybridized carbons (Fsp3) is 0.600. The average molecular weight is 170 g/mol. The lowest BCUT2D eigenvalue weighted by atomic mass is 10.0. The summed E-state index contributed by atoms with van der Waals surface area (Å²) in [6.45, 7) is 5.62. The molecule has 2 unspecified atom stereocenters. The Balaban J connectivity index is 4.12. The second kappa shape index (κ2) is 5.98. The lowest BCUT2D eigenvalue weighted by molar-refractivity contribution is 0.0683. The minimum atomic E-state index is -0.648. The van der Waals surface area contributed by atoms with Crippen LogP contribution in [0.4, 0.5) is 0 Å².